The summed E-state index contributed by atoms with van der Waals surface area (Å²) in [6, 6.07) is 0. The van der Waals surface area contributed by atoms with Gasteiger partial charge in [-0.1, -0.05) is 27.7 Å². The molecule has 38 atom stereocenters. The normalized spacial score (nSPS) is 58.1. The monoisotopic (exact) mass is 1230 g/mol. The molecule has 17 N–H and O–H groups in total. The number of aliphatic hydroxyl groups excluding tert-OH is 17. The minimum absolute atomic E-state index is 0.00749. The lowest BCUT2D eigenvalue weighted by Gasteiger charge is -2.62. The van der Waals surface area contributed by atoms with E-state index in [1.54, 1.807) is 0 Å². The number of aliphatic hydroxyl groups is 17. The summed E-state index contributed by atoms with van der Waals surface area (Å²) in [7, 11) is 0. The highest BCUT2D eigenvalue weighted by Crippen LogP contribution is 2.71. The van der Waals surface area contributed by atoms with Gasteiger partial charge in [-0.3, -0.25) is 0 Å². The molecule has 2 unspecified atom stereocenters. The maximum Gasteiger partial charge on any atom is 0.187 e. The van der Waals surface area contributed by atoms with E-state index in [4.69, 9.17) is 56.8 Å². The summed E-state index contributed by atoms with van der Waals surface area (Å²) < 4.78 is 72.8. The molecular weight excluding hydrogens is 1140 g/mol. The summed E-state index contributed by atoms with van der Waals surface area (Å²) in [6.45, 7) is 5.21. The lowest BCUT2D eigenvalue weighted by molar-refractivity contribution is -0.410. The van der Waals surface area contributed by atoms with Crippen LogP contribution in [0.3, 0.4) is 0 Å². The average molecular weight is 1230 g/mol. The predicted octanol–water partition coefficient (Wildman–Crippen LogP) is -6.50. The van der Waals surface area contributed by atoms with Gasteiger partial charge < -0.3 is 144 Å². The molecule has 29 nitrogen and oxygen atoms in total. The fraction of sp³-hybridized carbons (Fsp3) is 1.00. The minimum atomic E-state index is -2.21. The minimum Gasteiger partial charge on any atom is -0.394 e. The Morgan fingerprint density at radius 1 is 0.447 bits per heavy atom. The molecule has 1 spiro atoms. The summed E-state index contributed by atoms with van der Waals surface area (Å²) in [5.74, 6) is 0.388. The van der Waals surface area contributed by atoms with E-state index < -0.39 is 205 Å². The molecule has 11 aliphatic rings. The second kappa shape index (κ2) is 25.4. The molecule has 11 rings (SSSR count). The van der Waals surface area contributed by atoms with E-state index in [0.717, 1.165) is 38.5 Å². The van der Waals surface area contributed by atoms with Crippen LogP contribution in [0.1, 0.15) is 79.1 Å². The van der Waals surface area contributed by atoms with Gasteiger partial charge in [0.1, 0.15) is 116 Å². The second-order valence-corrected chi connectivity index (χ2v) is 26.9. The highest BCUT2D eigenvalue weighted by atomic mass is 16.8. The predicted molar refractivity (Wildman–Crippen MR) is 278 cm³/mol. The number of hydrogen-bond donors (Lipinski definition) is 17. The van der Waals surface area contributed by atoms with Crippen molar-refractivity contribution in [3.8, 4) is 0 Å². The van der Waals surface area contributed by atoms with Gasteiger partial charge >= 0.3 is 0 Å². The fourth-order valence-corrected chi connectivity index (χ4v) is 17.4. The van der Waals surface area contributed by atoms with Crippen molar-refractivity contribution >= 4 is 0 Å². The maximum atomic E-state index is 12.3. The molecular formula is C56H92O29. The van der Waals surface area contributed by atoms with Gasteiger partial charge in [0.05, 0.1) is 64.1 Å². The van der Waals surface area contributed by atoms with Crippen molar-refractivity contribution in [2.24, 2.45) is 52.3 Å². The number of fused-ring (bicyclic) bond motifs is 7. The third-order valence-electron chi connectivity index (χ3n) is 22.2. The van der Waals surface area contributed by atoms with Crippen LogP contribution in [-0.4, -0.2) is 304 Å². The van der Waals surface area contributed by atoms with Crippen LogP contribution in [0.15, 0.2) is 0 Å². The first-order chi connectivity index (χ1) is 40.3. The van der Waals surface area contributed by atoms with Crippen LogP contribution < -0.4 is 0 Å². The third kappa shape index (κ3) is 11.3. The van der Waals surface area contributed by atoms with Crippen molar-refractivity contribution in [1.82, 2.24) is 0 Å². The zero-order valence-corrected chi connectivity index (χ0v) is 48.1. The molecule has 4 aliphatic carbocycles. The molecule has 0 bridgehead atoms. The van der Waals surface area contributed by atoms with Crippen molar-refractivity contribution in [3.05, 3.63) is 0 Å². The largest absolute Gasteiger partial charge is 0.394 e. The van der Waals surface area contributed by atoms with Gasteiger partial charge in [-0.25, -0.2) is 0 Å². The molecule has 29 heteroatoms. The Bertz CT molecular complexity index is 2220. The number of hydrogen-bond acceptors (Lipinski definition) is 29. The van der Waals surface area contributed by atoms with Crippen LogP contribution in [0, 0.1) is 52.3 Å². The first kappa shape index (κ1) is 65.3. The van der Waals surface area contributed by atoms with Gasteiger partial charge in [0.25, 0.3) is 0 Å². The Morgan fingerprint density at radius 3 is 1.67 bits per heavy atom. The molecule has 7 heterocycles. The molecule has 0 radical (unpaired) electrons. The van der Waals surface area contributed by atoms with Gasteiger partial charge in [-0.15, -0.1) is 0 Å². The molecule has 7 saturated heterocycles. The number of ether oxygens (including phenoxy) is 12. The molecule has 0 aromatic carbocycles. The zero-order chi connectivity index (χ0) is 61.1. The molecule has 0 amide bonds. The van der Waals surface area contributed by atoms with Crippen molar-refractivity contribution in [2.75, 3.05) is 39.6 Å². The second-order valence-electron chi connectivity index (χ2n) is 26.9. The molecule has 11 fully saturated rings. The van der Waals surface area contributed by atoms with Crippen LogP contribution in [0.2, 0.25) is 0 Å². The van der Waals surface area contributed by atoms with E-state index >= 15 is 0 Å². The zero-order valence-electron chi connectivity index (χ0n) is 48.1. The first-order valence-corrected chi connectivity index (χ1v) is 30.5. The standard InChI is InChI=1S/C56H92O29/c1-19-7-10-56(75-17-19)20(2)31-45(85-56)37(67)32-22-6-5-21-11-26(24(61)12-55(21,4)23(22)8-9-54(31,32)3)76-50-42(72)39(69)44(30(16-60)80-50)81-53-48(47(36(66)29(15-59)79-53)83-49-40(70)33(63)25(62)18-74-49)84-52-43(73)46(35(65)28(14-58)78-52)82-51-41(71)38(68)34(64)27(13-57)77-51/h19-53,57-73H,5-18H2,1-4H3/t19-,20+,21+,22-,23+,24-,25-,26-,27-,28-,29-,30-,31+,32-,33+,34-,35-,36?,37+,38+,39-,40-,41-,42-,43-,44+,45-,46-,47+,48-,49+,50-,51?,52+,53+,54-,55+,56-/m1/s1. The van der Waals surface area contributed by atoms with Gasteiger partial charge in [0, 0.05) is 18.3 Å². The van der Waals surface area contributed by atoms with Gasteiger partial charge in [-0.2, -0.15) is 0 Å². The summed E-state index contributed by atoms with van der Waals surface area (Å²) in [4.78, 5) is 0. The van der Waals surface area contributed by atoms with Crippen LogP contribution >= 0.6 is 0 Å². The fourth-order valence-electron chi connectivity index (χ4n) is 17.4. The van der Waals surface area contributed by atoms with E-state index in [1.165, 1.54) is 0 Å². The van der Waals surface area contributed by atoms with Gasteiger partial charge in [0.15, 0.2) is 37.2 Å². The Morgan fingerprint density at radius 2 is 1.01 bits per heavy atom. The molecule has 4 saturated carbocycles. The maximum absolute atomic E-state index is 12.3. The van der Waals surface area contributed by atoms with Crippen molar-refractivity contribution in [2.45, 2.75) is 257 Å². The van der Waals surface area contributed by atoms with E-state index in [9.17, 15) is 86.8 Å². The molecule has 85 heavy (non-hydrogen) atoms. The molecule has 7 aliphatic heterocycles. The summed E-state index contributed by atoms with van der Waals surface area (Å²) in [6.07, 6.45) is -42.5. The molecule has 0 aromatic rings. The molecule has 0 aromatic heterocycles. The third-order valence-corrected chi connectivity index (χ3v) is 22.2. The quantitative estimate of drug-likeness (QED) is 0.0719. The van der Waals surface area contributed by atoms with Crippen LogP contribution in [0.4, 0.5) is 0 Å². The lowest BCUT2D eigenvalue weighted by Crippen LogP contribution is -2.69. The summed E-state index contributed by atoms with van der Waals surface area (Å²) in [5, 5.41) is 188. The summed E-state index contributed by atoms with van der Waals surface area (Å²) >= 11 is 0. The number of rotatable bonds is 14. The SMILES string of the molecule is C[C@@H]1CC[C@@]2(OC1)O[C@H]1[C@@H](O)[C@H]3[C@@H]4CC[C@H]5C[C@@H](O[C@@H]6O[C@H](CO)[C@H](O[C@@H]7O[C@H](CO)C(O)[C@H](O[C@@H]8OC[C@@H](O)[C@H](O)[C@H]8O)[C@H]7O[C@@H]7O[C@H](CO)[C@@H](O)[C@@H](OC8O[C@H](CO)[C@@H](O)[C@H](O)[C@H]8O)[C@H]7O)[C@H](O)[C@H]6O)[C@H](O)C[C@]5(C)[C@H]4CC[C@]3(C)[C@H]1[C@@H]2C. The van der Waals surface area contributed by atoms with Crippen LogP contribution in [0.25, 0.3) is 0 Å². The van der Waals surface area contributed by atoms with Crippen molar-refractivity contribution in [1.29, 1.82) is 0 Å². The Kier molecular flexibility index (Phi) is 19.5. The van der Waals surface area contributed by atoms with E-state index in [2.05, 4.69) is 27.7 Å². The topological polar surface area (TPSA) is 455 Å². The first-order valence-electron chi connectivity index (χ1n) is 30.5. The van der Waals surface area contributed by atoms with Crippen molar-refractivity contribution < 1.29 is 144 Å². The average Bonchev–Trinajstić information content (AvgIpc) is 1.59. The molecule has 490 valence electrons. The lowest BCUT2D eigenvalue weighted by atomic mass is 9.44. The Labute approximate surface area is 491 Å². The van der Waals surface area contributed by atoms with Gasteiger partial charge in [-0.05, 0) is 85.4 Å². The Balaban J connectivity index is 0.797. The van der Waals surface area contributed by atoms with Crippen LogP contribution in [0.5, 0.6) is 0 Å². The highest BCUT2D eigenvalue weighted by molar-refractivity contribution is 5.19. The van der Waals surface area contributed by atoms with Gasteiger partial charge in [0.2, 0.25) is 0 Å². The van der Waals surface area contributed by atoms with E-state index in [-0.39, 0.29) is 52.4 Å². The highest BCUT2D eigenvalue weighted by Gasteiger charge is 2.73. The Hall–Kier alpha value is -1.16. The summed E-state index contributed by atoms with van der Waals surface area (Å²) in [5.41, 5.74) is -0.531. The smallest absolute Gasteiger partial charge is 0.187 e. The van der Waals surface area contributed by atoms with E-state index in [0.29, 0.717) is 25.4 Å². The van der Waals surface area contributed by atoms with Crippen molar-refractivity contribution in [3.63, 3.8) is 0 Å². The van der Waals surface area contributed by atoms with Crippen LogP contribution in [-0.2, 0) is 56.8 Å². The van der Waals surface area contributed by atoms with E-state index in [1.807, 2.05) is 0 Å².